The second kappa shape index (κ2) is 5.88. The number of nitriles is 2. The Morgan fingerprint density at radius 2 is 1.65 bits per heavy atom. The molecule has 0 amide bonds. The van der Waals surface area contributed by atoms with Gasteiger partial charge in [0.1, 0.15) is 17.7 Å². The predicted octanol–water partition coefficient (Wildman–Crippen LogP) is 4.26. The monoisotopic (exact) mass is 335 g/mol. The molecule has 4 rings (SSSR count). The highest BCUT2D eigenvalue weighted by molar-refractivity contribution is 6.30. The Bertz CT molecular complexity index is 1210. The van der Waals surface area contributed by atoms with Gasteiger partial charge in [-0.2, -0.15) is 10.5 Å². The quantitative estimate of drug-likeness (QED) is 0.493. The smallest absolute Gasteiger partial charge is 0.194 e. The fraction of sp³-hybridized carbons (Fsp3) is 0.0455. The Kier molecular flexibility index (Phi) is 3.53. The summed E-state index contributed by atoms with van der Waals surface area (Å²) in [6, 6.07) is 18.9. The Labute approximate surface area is 150 Å². The van der Waals surface area contributed by atoms with Crippen molar-refractivity contribution < 1.29 is 4.79 Å². The summed E-state index contributed by atoms with van der Waals surface area (Å²) in [6.07, 6.45) is 3.73. The first-order valence-electron chi connectivity index (χ1n) is 8.10. The molecule has 122 valence electrons. The average molecular weight is 335 g/mol. The first-order valence-corrected chi connectivity index (χ1v) is 8.10. The van der Waals surface area contributed by atoms with Crippen molar-refractivity contribution in [1.82, 2.24) is 4.57 Å². The molecule has 0 saturated heterocycles. The number of aromatic nitrogens is 1. The summed E-state index contributed by atoms with van der Waals surface area (Å²) < 4.78 is 1.99. The van der Waals surface area contributed by atoms with Crippen LogP contribution in [0.3, 0.4) is 0 Å². The van der Waals surface area contributed by atoms with Crippen LogP contribution in [-0.4, -0.2) is 10.4 Å². The molecule has 1 aliphatic carbocycles. The lowest BCUT2D eigenvalue weighted by atomic mass is 9.98. The number of hydrogen-bond acceptors (Lipinski definition) is 3. The van der Waals surface area contributed by atoms with E-state index in [4.69, 9.17) is 0 Å². The van der Waals surface area contributed by atoms with Crippen LogP contribution in [0.25, 0.3) is 22.6 Å². The molecule has 1 aliphatic rings. The van der Waals surface area contributed by atoms with Crippen molar-refractivity contribution in [3.8, 4) is 12.1 Å². The molecule has 0 saturated carbocycles. The lowest BCUT2D eigenvalue weighted by molar-refractivity contribution is 0.104. The van der Waals surface area contributed by atoms with Crippen LogP contribution < -0.4 is 0 Å². The first kappa shape index (κ1) is 15.6. The number of benzene rings is 2. The van der Waals surface area contributed by atoms with Gasteiger partial charge in [-0.05, 0) is 17.7 Å². The Hall–Kier alpha value is -3.89. The van der Waals surface area contributed by atoms with E-state index in [1.165, 1.54) is 0 Å². The van der Waals surface area contributed by atoms with Gasteiger partial charge in [-0.15, -0.1) is 0 Å². The third-order valence-corrected chi connectivity index (χ3v) is 4.66. The van der Waals surface area contributed by atoms with Gasteiger partial charge < -0.3 is 4.57 Å². The number of aryl methyl sites for hydroxylation is 1. The van der Waals surface area contributed by atoms with Gasteiger partial charge in [0.15, 0.2) is 5.78 Å². The average Bonchev–Trinajstić information content (AvgIpc) is 3.13. The highest BCUT2D eigenvalue weighted by atomic mass is 16.1. The van der Waals surface area contributed by atoms with Gasteiger partial charge in [-0.3, -0.25) is 4.79 Å². The molecule has 26 heavy (non-hydrogen) atoms. The number of allylic oxidation sites excluding steroid dienone is 3. The van der Waals surface area contributed by atoms with E-state index in [2.05, 4.69) is 0 Å². The molecule has 0 fully saturated rings. The van der Waals surface area contributed by atoms with Crippen molar-refractivity contribution >= 4 is 28.3 Å². The lowest BCUT2D eigenvalue weighted by Gasteiger charge is -2.01. The standard InChI is InChI=1S/C22H13N3O/c1-25-13-14(16-6-4-5-9-20(16)25)10-19-21(15(11-23)12-24)17-7-2-3-8-18(17)22(19)26/h2-10,13H,1H3/b19-10+. The van der Waals surface area contributed by atoms with E-state index >= 15 is 0 Å². The molecule has 1 aromatic heterocycles. The van der Waals surface area contributed by atoms with Gasteiger partial charge in [0, 0.05) is 46.4 Å². The minimum Gasteiger partial charge on any atom is -0.350 e. The number of carbonyl (C=O) groups is 1. The van der Waals surface area contributed by atoms with Crippen LogP contribution in [0.5, 0.6) is 0 Å². The van der Waals surface area contributed by atoms with Crippen molar-refractivity contribution in [2.24, 2.45) is 7.05 Å². The van der Waals surface area contributed by atoms with Crippen LogP contribution in [0, 0.1) is 22.7 Å². The second-order valence-electron chi connectivity index (χ2n) is 6.12. The molecule has 4 heteroatoms. The van der Waals surface area contributed by atoms with Gasteiger partial charge in [-0.25, -0.2) is 0 Å². The number of Topliss-reactive ketones (excluding diaryl/α,β-unsaturated/α-hetero) is 1. The van der Waals surface area contributed by atoms with E-state index in [9.17, 15) is 15.3 Å². The molecule has 0 spiro atoms. The van der Waals surface area contributed by atoms with E-state index in [1.807, 2.05) is 54.2 Å². The van der Waals surface area contributed by atoms with E-state index < -0.39 is 0 Å². The normalized spacial score (nSPS) is 14.3. The van der Waals surface area contributed by atoms with Crippen LogP contribution in [0.2, 0.25) is 0 Å². The van der Waals surface area contributed by atoms with Gasteiger partial charge in [-0.1, -0.05) is 42.5 Å². The summed E-state index contributed by atoms with van der Waals surface area (Å²) in [4.78, 5) is 13.0. The SMILES string of the molecule is Cn1cc(/C=C2/C(=O)c3ccccc3C2=C(C#N)C#N)c2ccccc21. The fourth-order valence-electron chi connectivity index (χ4n) is 3.49. The van der Waals surface area contributed by atoms with Crippen LogP contribution in [0.4, 0.5) is 0 Å². The van der Waals surface area contributed by atoms with Crippen molar-refractivity contribution in [2.75, 3.05) is 0 Å². The van der Waals surface area contributed by atoms with Gasteiger partial charge in [0.2, 0.25) is 0 Å². The maximum Gasteiger partial charge on any atom is 0.194 e. The maximum atomic E-state index is 13.0. The predicted molar refractivity (Wildman–Crippen MR) is 99.8 cm³/mol. The lowest BCUT2D eigenvalue weighted by Crippen LogP contribution is -1.95. The number of hydrogen-bond donors (Lipinski definition) is 0. The molecule has 1 heterocycles. The third-order valence-electron chi connectivity index (χ3n) is 4.66. The molecule has 0 N–H and O–H groups in total. The Balaban J connectivity index is 2.03. The van der Waals surface area contributed by atoms with Crippen molar-refractivity contribution in [2.45, 2.75) is 0 Å². The van der Waals surface area contributed by atoms with Crippen molar-refractivity contribution in [3.05, 3.63) is 82.6 Å². The molecule has 4 nitrogen and oxygen atoms in total. The maximum absolute atomic E-state index is 13.0. The summed E-state index contributed by atoms with van der Waals surface area (Å²) in [5.74, 6) is -0.161. The molecule has 0 bridgehead atoms. The number of rotatable bonds is 1. The van der Waals surface area contributed by atoms with Crippen LogP contribution in [0.1, 0.15) is 21.5 Å². The molecule has 3 aromatic rings. The summed E-state index contributed by atoms with van der Waals surface area (Å²) in [7, 11) is 1.95. The molecule has 0 radical (unpaired) electrons. The Morgan fingerprint density at radius 1 is 1.00 bits per heavy atom. The largest absolute Gasteiger partial charge is 0.350 e. The van der Waals surface area contributed by atoms with Crippen LogP contribution in [0.15, 0.2) is 65.9 Å². The molecule has 2 aromatic carbocycles. The van der Waals surface area contributed by atoms with E-state index in [0.717, 1.165) is 16.5 Å². The highest BCUT2D eigenvalue weighted by Gasteiger charge is 2.32. The summed E-state index contributed by atoms with van der Waals surface area (Å²) in [5, 5.41) is 19.8. The zero-order valence-corrected chi connectivity index (χ0v) is 14.0. The minimum atomic E-state index is -0.161. The zero-order chi connectivity index (χ0) is 18.3. The van der Waals surface area contributed by atoms with E-state index in [0.29, 0.717) is 22.3 Å². The number of para-hydroxylation sites is 1. The number of ketones is 1. The van der Waals surface area contributed by atoms with Gasteiger partial charge in [0.05, 0.1) is 0 Å². The van der Waals surface area contributed by atoms with Crippen LogP contribution in [-0.2, 0) is 7.05 Å². The summed E-state index contributed by atoms with van der Waals surface area (Å²) in [6.45, 7) is 0. The van der Waals surface area contributed by atoms with Crippen molar-refractivity contribution in [1.29, 1.82) is 10.5 Å². The van der Waals surface area contributed by atoms with Gasteiger partial charge in [0.25, 0.3) is 0 Å². The van der Waals surface area contributed by atoms with Crippen molar-refractivity contribution in [3.63, 3.8) is 0 Å². The second-order valence-corrected chi connectivity index (χ2v) is 6.12. The summed E-state index contributed by atoms with van der Waals surface area (Å²) >= 11 is 0. The van der Waals surface area contributed by atoms with Crippen LogP contribution >= 0.6 is 0 Å². The van der Waals surface area contributed by atoms with Gasteiger partial charge >= 0.3 is 0 Å². The summed E-state index contributed by atoms with van der Waals surface area (Å²) in [5.41, 5.74) is 3.86. The first-order chi connectivity index (χ1) is 12.7. The molecule has 0 unspecified atom stereocenters. The third kappa shape index (κ3) is 2.17. The fourth-order valence-corrected chi connectivity index (χ4v) is 3.49. The molecular weight excluding hydrogens is 322 g/mol. The topological polar surface area (TPSA) is 69.6 Å². The zero-order valence-electron chi connectivity index (χ0n) is 14.0. The number of carbonyl (C=O) groups excluding carboxylic acids is 1. The number of fused-ring (bicyclic) bond motifs is 2. The molecular formula is C22H13N3O. The minimum absolute atomic E-state index is 0.0465. The molecule has 0 aliphatic heterocycles. The van der Waals surface area contributed by atoms with E-state index in [-0.39, 0.29) is 11.4 Å². The number of nitrogens with zero attached hydrogens (tertiary/aromatic N) is 3. The molecule has 0 atom stereocenters. The highest BCUT2D eigenvalue weighted by Crippen LogP contribution is 2.40. The van der Waals surface area contributed by atoms with E-state index in [1.54, 1.807) is 30.3 Å². The Morgan fingerprint density at radius 3 is 2.38 bits per heavy atom.